The Morgan fingerprint density at radius 1 is 0.969 bits per heavy atom. The number of ether oxygens (including phenoxy) is 1. The van der Waals surface area contributed by atoms with Crippen LogP contribution in [-0.2, 0) is 6.61 Å². The molecule has 4 rings (SSSR count). The van der Waals surface area contributed by atoms with E-state index in [-0.39, 0.29) is 17.1 Å². The molecule has 0 unspecified atom stereocenters. The van der Waals surface area contributed by atoms with E-state index < -0.39 is 4.92 Å². The lowest BCUT2D eigenvalue weighted by Gasteiger charge is -2.12. The van der Waals surface area contributed by atoms with Crippen molar-refractivity contribution in [3.05, 3.63) is 106 Å². The number of nitro benzene ring substituents is 1. The third kappa shape index (κ3) is 4.25. The van der Waals surface area contributed by atoms with Gasteiger partial charge in [0, 0.05) is 11.6 Å². The standard InChI is InChI=1S/C25H18N4O3/c26-15-22-21(14-23(28-25(22)27)20-8-4-5-9-24(20)29(30)31)18-10-12-19(13-11-18)32-16-17-6-2-1-3-7-17/h1-14H,16H2,(H2,27,28). The third-order valence-corrected chi connectivity index (χ3v) is 4.95. The Hall–Kier alpha value is -4.70. The first kappa shape index (κ1) is 20.6. The first-order valence-corrected chi connectivity index (χ1v) is 9.78. The van der Waals surface area contributed by atoms with E-state index in [1.807, 2.05) is 42.5 Å². The number of aromatic nitrogens is 1. The molecular weight excluding hydrogens is 404 g/mol. The summed E-state index contributed by atoms with van der Waals surface area (Å²) in [6, 6.07) is 27.1. The van der Waals surface area contributed by atoms with Crippen LogP contribution in [0.3, 0.4) is 0 Å². The zero-order chi connectivity index (χ0) is 22.5. The van der Waals surface area contributed by atoms with E-state index in [4.69, 9.17) is 10.5 Å². The largest absolute Gasteiger partial charge is 0.489 e. The van der Waals surface area contributed by atoms with Crippen LogP contribution in [0.5, 0.6) is 5.75 Å². The van der Waals surface area contributed by atoms with Crippen molar-refractivity contribution in [3.8, 4) is 34.2 Å². The van der Waals surface area contributed by atoms with E-state index in [2.05, 4.69) is 11.1 Å². The van der Waals surface area contributed by atoms with Crippen molar-refractivity contribution < 1.29 is 9.66 Å². The molecule has 0 saturated carbocycles. The molecule has 3 aromatic carbocycles. The lowest BCUT2D eigenvalue weighted by atomic mass is 9.98. The molecule has 0 amide bonds. The van der Waals surface area contributed by atoms with Gasteiger partial charge in [0.25, 0.3) is 5.69 Å². The molecular formula is C25H18N4O3. The maximum Gasteiger partial charge on any atom is 0.278 e. The monoisotopic (exact) mass is 422 g/mol. The van der Waals surface area contributed by atoms with Gasteiger partial charge in [-0.15, -0.1) is 0 Å². The molecule has 0 saturated heterocycles. The van der Waals surface area contributed by atoms with Crippen LogP contribution in [0.4, 0.5) is 11.5 Å². The first-order valence-electron chi connectivity index (χ1n) is 9.78. The molecule has 1 aromatic heterocycles. The van der Waals surface area contributed by atoms with Crippen LogP contribution in [-0.4, -0.2) is 9.91 Å². The summed E-state index contributed by atoms with van der Waals surface area (Å²) in [4.78, 5) is 15.2. The second-order valence-electron chi connectivity index (χ2n) is 7.00. The lowest BCUT2D eigenvalue weighted by Crippen LogP contribution is -2.01. The Morgan fingerprint density at radius 2 is 1.66 bits per heavy atom. The summed E-state index contributed by atoms with van der Waals surface area (Å²) in [5, 5.41) is 21.1. The van der Waals surface area contributed by atoms with Gasteiger partial charge < -0.3 is 10.5 Å². The van der Waals surface area contributed by atoms with Crippen LogP contribution in [0.25, 0.3) is 22.4 Å². The quantitative estimate of drug-likeness (QED) is 0.330. The highest BCUT2D eigenvalue weighted by Gasteiger charge is 2.19. The minimum Gasteiger partial charge on any atom is -0.489 e. The Balaban J connectivity index is 1.69. The van der Waals surface area contributed by atoms with Gasteiger partial charge in [-0.25, -0.2) is 4.98 Å². The van der Waals surface area contributed by atoms with Crippen LogP contribution < -0.4 is 10.5 Å². The summed E-state index contributed by atoms with van der Waals surface area (Å²) in [5.74, 6) is 0.694. The number of hydrogen-bond acceptors (Lipinski definition) is 6. The van der Waals surface area contributed by atoms with Gasteiger partial charge >= 0.3 is 0 Å². The number of nitrogens with two attached hydrogens (primary N) is 1. The molecule has 7 heteroatoms. The summed E-state index contributed by atoms with van der Waals surface area (Å²) in [7, 11) is 0. The van der Waals surface area contributed by atoms with Crippen LogP contribution in [0, 0.1) is 21.4 Å². The highest BCUT2D eigenvalue weighted by atomic mass is 16.6. The minimum atomic E-state index is -0.468. The molecule has 0 radical (unpaired) electrons. The maximum absolute atomic E-state index is 11.4. The smallest absolute Gasteiger partial charge is 0.278 e. The number of hydrogen-bond donors (Lipinski definition) is 1. The highest BCUT2D eigenvalue weighted by Crippen LogP contribution is 2.35. The van der Waals surface area contributed by atoms with E-state index in [1.165, 1.54) is 6.07 Å². The molecule has 0 bridgehead atoms. The SMILES string of the molecule is N#Cc1c(-c2ccc(OCc3ccccc3)cc2)cc(-c2ccccc2[N+](=O)[O-])nc1N. The summed E-state index contributed by atoms with van der Waals surface area (Å²) in [6.45, 7) is 0.438. The van der Waals surface area contributed by atoms with Gasteiger partial charge in [-0.1, -0.05) is 54.6 Å². The van der Waals surface area contributed by atoms with E-state index >= 15 is 0 Å². The molecule has 0 atom stereocenters. The minimum absolute atomic E-state index is 0.0163. The normalized spacial score (nSPS) is 10.3. The van der Waals surface area contributed by atoms with Gasteiger partial charge in [-0.2, -0.15) is 5.26 Å². The van der Waals surface area contributed by atoms with Gasteiger partial charge in [-0.3, -0.25) is 10.1 Å². The number of anilines is 1. The topological polar surface area (TPSA) is 115 Å². The van der Waals surface area contributed by atoms with E-state index in [0.717, 1.165) is 11.1 Å². The number of rotatable bonds is 6. The molecule has 0 aliphatic heterocycles. The number of para-hydroxylation sites is 1. The van der Waals surface area contributed by atoms with Crippen molar-refractivity contribution in [2.24, 2.45) is 0 Å². The Kier molecular flexibility index (Phi) is 5.77. The van der Waals surface area contributed by atoms with Crippen molar-refractivity contribution in [1.29, 1.82) is 5.26 Å². The predicted octanol–water partition coefficient (Wildman–Crippen LogP) is 5.36. The Morgan fingerprint density at radius 3 is 2.34 bits per heavy atom. The van der Waals surface area contributed by atoms with E-state index in [0.29, 0.717) is 29.2 Å². The van der Waals surface area contributed by atoms with Crippen molar-refractivity contribution in [3.63, 3.8) is 0 Å². The molecule has 156 valence electrons. The van der Waals surface area contributed by atoms with Gasteiger partial charge in [0.2, 0.25) is 0 Å². The van der Waals surface area contributed by atoms with Crippen LogP contribution >= 0.6 is 0 Å². The summed E-state index contributed by atoms with van der Waals surface area (Å²) in [6.07, 6.45) is 0. The molecule has 0 aliphatic rings. The van der Waals surface area contributed by atoms with Gasteiger partial charge in [0.05, 0.1) is 16.2 Å². The third-order valence-electron chi connectivity index (χ3n) is 4.95. The zero-order valence-corrected chi connectivity index (χ0v) is 16.9. The number of nitrogens with zero attached hydrogens (tertiary/aromatic N) is 3. The van der Waals surface area contributed by atoms with Crippen molar-refractivity contribution in [2.75, 3.05) is 5.73 Å². The van der Waals surface area contributed by atoms with Crippen LogP contribution in [0.1, 0.15) is 11.1 Å². The number of benzene rings is 3. The summed E-state index contributed by atoms with van der Waals surface area (Å²) < 4.78 is 5.82. The number of nitriles is 1. The number of pyridine rings is 1. The van der Waals surface area contributed by atoms with Crippen molar-refractivity contribution in [1.82, 2.24) is 4.98 Å². The van der Waals surface area contributed by atoms with Gasteiger partial charge in [0.1, 0.15) is 29.8 Å². The predicted molar refractivity (Wildman–Crippen MR) is 122 cm³/mol. The molecule has 0 fully saturated rings. The number of nitrogen functional groups attached to an aromatic ring is 1. The van der Waals surface area contributed by atoms with Gasteiger partial charge in [0.15, 0.2) is 0 Å². The Bertz CT molecular complexity index is 1310. The molecule has 1 heterocycles. The van der Waals surface area contributed by atoms with Crippen LogP contribution in [0.2, 0.25) is 0 Å². The average molecular weight is 422 g/mol. The highest BCUT2D eigenvalue weighted by molar-refractivity contribution is 5.82. The Labute approximate surface area is 184 Å². The molecule has 0 spiro atoms. The van der Waals surface area contributed by atoms with Crippen LogP contribution in [0.15, 0.2) is 84.9 Å². The fraction of sp³-hybridized carbons (Fsp3) is 0.0400. The van der Waals surface area contributed by atoms with Crippen molar-refractivity contribution in [2.45, 2.75) is 6.61 Å². The first-order chi connectivity index (χ1) is 15.6. The lowest BCUT2D eigenvalue weighted by molar-refractivity contribution is -0.384. The van der Waals surface area contributed by atoms with Gasteiger partial charge in [-0.05, 0) is 35.4 Å². The number of nitro groups is 1. The zero-order valence-electron chi connectivity index (χ0n) is 16.9. The van der Waals surface area contributed by atoms with E-state index in [1.54, 1.807) is 36.4 Å². The fourth-order valence-corrected chi connectivity index (χ4v) is 3.37. The van der Waals surface area contributed by atoms with E-state index in [9.17, 15) is 15.4 Å². The molecule has 0 aliphatic carbocycles. The average Bonchev–Trinajstić information content (AvgIpc) is 2.83. The molecule has 4 aromatic rings. The maximum atomic E-state index is 11.4. The molecule has 2 N–H and O–H groups in total. The van der Waals surface area contributed by atoms with Crippen molar-refractivity contribution >= 4 is 11.5 Å². The molecule has 32 heavy (non-hydrogen) atoms. The second kappa shape index (κ2) is 8.98. The second-order valence-corrected chi connectivity index (χ2v) is 7.00. The fourth-order valence-electron chi connectivity index (χ4n) is 3.37. The molecule has 7 nitrogen and oxygen atoms in total. The summed E-state index contributed by atoms with van der Waals surface area (Å²) in [5.41, 5.74) is 9.16. The summed E-state index contributed by atoms with van der Waals surface area (Å²) >= 11 is 0.